The average Bonchev–Trinajstić information content (AvgIpc) is 1.99. The lowest BCUT2D eigenvalue weighted by Gasteiger charge is -2.17. The van der Waals surface area contributed by atoms with Gasteiger partial charge in [-0.15, -0.1) is 0 Å². The zero-order valence-corrected chi connectivity index (χ0v) is 6.78. The van der Waals surface area contributed by atoms with Crippen LogP contribution in [0.15, 0.2) is 0 Å². The van der Waals surface area contributed by atoms with Crippen LogP contribution in [0.2, 0.25) is 0 Å². The van der Waals surface area contributed by atoms with Crippen LogP contribution in [0.5, 0.6) is 0 Å². The van der Waals surface area contributed by atoms with E-state index in [-0.39, 0.29) is 6.42 Å². The Hall–Kier alpha value is -1.10. The summed E-state index contributed by atoms with van der Waals surface area (Å²) in [6.45, 7) is 1.78. The van der Waals surface area contributed by atoms with Crippen molar-refractivity contribution in [2.75, 3.05) is 0 Å². The van der Waals surface area contributed by atoms with E-state index in [1.165, 1.54) is 0 Å². The molecule has 0 aliphatic heterocycles. The molecule has 0 bridgehead atoms. The van der Waals surface area contributed by atoms with Crippen LogP contribution in [0.3, 0.4) is 0 Å². The van der Waals surface area contributed by atoms with Crippen molar-refractivity contribution in [2.24, 2.45) is 0 Å². The summed E-state index contributed by atoms with van der Waals surface area (Å²) in [4.78, 5) is 20.7. The van der Waals surface area contributed by atoms with Crippen molar-refractivity contribution in [2.45, 2.75) is 31.8 Å². The molecule has 3 N–H and O–H groups in total. The van der Waals surface area contributed by atoms with Gasteiger partial charge in [0, 0.05) is 0 Å². The van der Waals surface area contributed by atoms with Crippen molar-refractivity contribution < 1.29 is 24.9 Å². The lowest BCUT2D eigenvalue weighted by atomic mass is 9.97. The van der Waals surface area contributed by atoms with E-state index in [1.54, 1.807) is 6.92 Å². The van der Waals surface area contributed by atoms with Gasteiger partial charge >= 0.3 is 11.9 Å². The fourth-order valence-electron chi connectivity index (χ4n) is 0.738. The molecule has 0 aromatic carbocycles. The summed E-state index contributed by atoms with van der Waals surface area (Å²) in [7, 11) is 0. The Labute approximate surface area is 69.6 Å². The van der Waals surface area contributed by atoms with Gasteiger partial charge in [-0.25, -0.2) is 9.59 Å². The van der Waals surface area contributed by atoms with Crippen molar-refractivity contribution >= 4 is 11.9 Å². The van der Waals surface area contributed by atoms with E-state index < -0.39 is 17.5 Å². The molecule has 0 saturated heterocycles. The number of hydrogen-bond acceptors (Lipinski definition) is 3. The highest BCUT2D eigenvalue weighted by Gasteiger charge is 2.43. The quantitative estimate of drug-likeness (QED) is 0.515. The first-order valence-electron chi connectivity index (χ1n) is 3.64. The smallest absolute Gasteiger partial charge is 0.347 e. The van der Waals surface area contributed by atoms with E-state index in [4.69, 9.17) is 15.3 Å². The fraction of sp³-hybridized carbons (Fsp3) is 0.714. The predicted octanol–water partition coefficient (Wildman–Crippen LogP) is 0.0769. The van der Waals surface area contributed by atoms with E-state index in [0.717, 1.165) is 0 Å². The maximum Gasteiger partial charge on any atom is 0.347 e. The third-order valence-corrected chi connectivity index (χ3v) is 1.60. The second-order valence-electron chi connectivity index (χ2n) is 2.57. The van der Waals surface area contributed by atoms with Crippen LogP contribution in [0.4, 0.5) is 0 Å². The third kappa shape index (κ3) is 2.20. The molecule has 0 rings (SSSR count). The van der Waals surface area contributed by atoms with Gasteiger partial charge in [0.25, 0.3) is 5.60 Å². The van der Waals surface area contributed by atoms with Crippen LogP contribution in [0.25, 0.3) is 0 Å². The van der Waals surface area contributed by atoms with Crippen LogP contribution in [-0.2, 0) is 9.59 Å². The van der Waals surface area contributed by atoms with Gasteiger partial charge in [-0.05, 0) is 12.8 Å². The van der Waals surface area contributed by atoms with E-state index in [2.05, 4.69) is 0 Å². The molecule has 0 aromatic rings. The van der Waals surface area contributed by atoms with E-state index in [1.807, 2.05) is 0 Å². The fourth-order valence-corrected chi connectivity index (χ4v) is 0.738. The van der Waals surface area contributed by atoms with E-state index in [0.29, 0.717) is 12.8 Å². The Kier molecular flexibility index (Phi) is 3.69. The number of rotatable bonds is 5. The van der Waals surface area contributed by atoms with Gasteiger partial charge < -0.3 is 15.3 Å². The van der Waals surface area contributed by atoms with Gasteiger partial charge in [-0.1, -0.05) is 13.3 Å². The maximum absolute atomic E-state index is 10.3. The van der Waals surface area contributed by atoms with Gasteiger partial charge in [0.2, 0.25) is 0 Å². The normalized spacial score (nSPS) is 11.2. The molecule has 0 aliphatic carbocycles. The molecule has 0 aliphatic rings. The Morgan fingerprint density at radius 2 is 1.67 bits per heavy atom. The maximum atomic E-state index is 10.3. The van der Waals surface area contributed by atoms with Crippen LogP contribution in [-0.4, -0.2) is 32.9 Å². The lowest BCUT2D eigenvalue weighted by Crippen LogP contribution is -2.46. The Morgan fingerprint density at radius 1 is 1.25 bits per heavy atom. The summed E-state index contributed by atoms with van der Waals surface area (Å²) in [5.74, 6) is -3.41. The third-order valence-electron chi connectivity index (χ3n) is 1.60. The zero-order chi connectivity index (χ0) is 9.78. The molecule has 0 amide bonds. The highest BCUT2D eigenvalue weighted by molar-refractivity contribution is 6.01. The Morgan fingerprint density at radius 3 is 1.92 bits per heavy atom. The molecule has 0 radical (unpaired) electrons. The highest BCUT2D eigenvalue weighted by Crippen LogP contribution is 2.14. The topological polar surface area (TPSA) is 94.8 Å². The first-order chi connectivity index (χ1) is 5.45. The standard InChI is InChI=1S/C7H12O5/c1-2-3-4-7(12,5(8)9)6(10)11/h12H,2-4H2,1H3,(H,8,9)(H,10,11). The van der Waals surface area contributed by atoms with Crippen LogP contribution in [0.1, 0.15) is 26.2 Å². The number of carboxylic acid groups (broad SMARTS) is 2. The van der Waals surface area contributed by atoms with Crippen molar-refractivity contribution in [1.82, 2.24) is 0 Å². The molecule has 0 aromatic heterocycles. The van der Waals surface area contributed by atoms with Crippen LogP contribution < -0.4 is 0 Å². The summed E-state index contributed by atoms with van der Waals surface area (Å²) in [5.41, 5.74) is -2.62. The van der Waals surface area contributed by atoms with E-state index in [9.17, 15) is 9.59 Å². The lowest BCUT2D eigenvalue weighted by molar-refractivity contribution is -0.176. The molecule has 0 heterocycles. The van der Waals surface area contributed by atoms with Crippen molar-refractivity contribution in [3.8, 4) is 0 Å². The van der Waals surface area contributed by atoms with Gasteiger partial charge in [-0.3, -0.25) is 0 Å². The number of carbonyl (C=O) groups is 2. The van der Waals surface area contributed by atoms with Crippen molar-refractivity contribution in [3.63, 3.8) is 0 Å². The number of aliphatic hydroxyl groups is 1. The molecule has 70 valence electrons. The summed E-state index contributed by atoms with van der Waals surface area (Å²) in [6.07, 6.45) is 0.756. The summed E-state index contributed by atoms with van der Waals surface area (Å²) < 4.78 is 0. The molecule has 0 spiro atoms. The summed E-state index contributed by atoms with van der Waals surface area (Å²) >= 11 is 0. The second kappa shape index (κ2) is 4.06. The van der Waals surface area contributed by atoms with Gasteiger partial charge in [-0.2, -0.15) is 0 Å². The molecule has 12 heavy (non-hydrogen) atoms. The number of aliphatic carboxylic acids is 2. The molecule has 0 fully saturated rings. The molecule has 0 saturated carbocycles. The van der Waals surface area contributed by atoms with Crippen LogP contribution in [0, 0.1) is 0 Å². The first-order valence-corrected chi connectivity index (χ1v) is 3.64. The van der Waals surface area contributed by atoms with Crippen molar-refractivity contribution in [3.05, 3.63) is 0 Å². The Balaban J connectivity index is 4.40. The highest BCUT2D eigenvalue weighted by atomic mass is 16.4. The molecule has 0 atom stereocenters. The number of hydrogen-bond donors (Lipinski definition) is 3. The van der Waals surface area contributed by atoms with Gasteiger partial charge in [0.15, 0.2) is 0 Å². The summed E-state index contributed by atoms with van der Waals surface area (Å²) in [6, 6.07) is 0. The summed E-state index contributed by atoms with van der Waals surface area (Å²) in [5, 5.41) is 25.9. The molecule has 0 unspecified atom stereocenters. The largest absolute Gasteiger partial charge is 0.479 e. The molecular weight excluding hydrogens is 164 g/mol. The first kappa shape index (κ1) is 10.9. The second-order valence-corrected chi connectivity index (χ2v) is 2.57. The molecule has 5 nitrogen and oxygen atoms in total. The minimum atomic E-state index is -2.62. The molecule has 5 heteroatoms. The average molecular weight is 176 g/mol. The monoisotopic (exact) mass is 176 g/mol. The van der Waals surface area contributed by atoms with E-state index >= 15 is 0 Å². The number of unbranched alkanes of at least 4 members (excludes halogenated alkanes) is 1. The minimum Gasteiger partial charge on any atom is -0.479 e. The minimum absolute atomic E-state index is 0.256. The zero-order valence-electron chi connectivity index (χ0n) is 6.78. The van der Waals surface area contributed by atoms with Gasteiger partial charge in [0.1, 0.15) is 0 Å². The van der Waals surface area contributed by atoms with Crippen LogP contribution >= 0.6 is 0 Å². The molecular formula is C7H12O5. The van der Waals surface area contributed by atoms with Crippen molar-refractivity contribution in [1.29, 1.82) is 0 Å². The SMILES string of the molecule is CCCCC(O)(C(=O)O)C(=O)O. The Bertz CT molecular complexity index is 172. The predicted molar refractivity (Wildman–Crippen MR) is 39.7 cm³/mol. The van der Waals surface area contributed by atoms with Gasteiger partial charge in [0.05, 0.1) is 0 Å². The number of carboxylic acids is 2.